The molecule has 2 fully saturated rings. The van der Waals surface area contributed by atoms with Crippen LogP contribution in [0.2, 0.25) is 10.0 Å². The maximum absolute atomic E-state index is 13.2. The van der Waals surface area contributed by atoms with Gasteiger partial charge in [0.15, 0.2) is 11.3 Å². The van der Waals surface area contributed by atoms with Crippen LogP contribution in [0.25, 0.3) is 33.8 Å². The number of fused-ring (bicyclic) bond motifs is 2. The molecular weight excluding hydrogens is 895 g/mol. The molecule has 2 aliphatic heterocycles. The fourth-order valence-corrected chi connectivity index (χ4v) is 7.91. The summed E-state index contributed by atoms with van der Waals surface area (Å²) in [6.45, 7) is 5.70. The Kier molecular flexibility index (Phi) is 12.9. The van der Waals surface area contributed by atoms with Gasteiger partial charge in [-0.15, -0.1) is 0 Å². The van der Waals surface area contributed by atoms with Crippen LogP contribution >= 0.6 is 23.2 Å². The van der Waals surface area contributed by atoms with Gasteiger partial charge in [-0.2, -0.15) is 20.4 Å². The highest BCUT2D eigenvalue weighted by atomic mass is 35.5. The Labute approximate surface area is 385 Å². The van der Waals surface area contributed by atoms with Gasteiger partial charge < -0.3 is 39.8 Å². The predicted molar refractivity (Wildman–Crippen MR) is 241 cm³/mol. The van der Waals surface area contributed by atoms with Crippen molar-refractivity contribution in [3.63, 3.8) is 0 Å². The highest BCUT2D eigenvalue weighted by molar-refractivity contribution is 6.31. The van der Waals surface area contributed by atoms with Gasteiger partial charge in [0.1, 0.15) is 58.3 Å². The molecule has 0 spiro atoms. The standard InChI is InChI=1S/2C22H21ClN6O4/c2*1-2-33-19-5-4-13(23)8-14(19)20-16(10-29(27-20)17-11-32-12-18(17)30)26-22(31)15-9-25-28-7-3-6-24-21(15)28/h2*3-10,17-18,30H,2,11-12H2,1H3,(H,26,31)/t2*17-,18-/m10/s1. The molecule has 0 radical (unpaired) electrons. The lowest BCUT2D eigenvalue weighted by Crippen LogP contribution is -2.22. The SMILES string of the molecule is CCOc1ccc(Cl)cc1-c1nn([C@@H]2COC[C@H]2O)cc1NC(=O)c1cnn2cccnc12.CCOc1ccc(Cl)cc1-c1nn([C@H]2COC[C@@H]2O)cc1NC(=O)c1cnn2cccnc12. The van der Waals surface area contributed by atoms with E-state index in [0.29, 0.717) is 104 Å². The Bertz CT molecular complexity index is 2840. The molecule has 2 amide bonds. The molecule has 4 N–H and O–H groups in total. The van der Waals surface area contributed by atoms with Crippen molar-refractivity contribution in [2.24, 2.45) is 0 Å². The Morgan fingerprint density at radius 1 is 0.697 bits per heavy atom. The highest BCUT2D eigenvalue weighted by Crippen LogP contribution is 2.39. The Morgan fingerprint density at radius 2 is 1.14 bits per heavy atom. The van der Waals surface area contributed by atoms with Gasteiger partial charge in [0.25, 0.3) is 11.8 Å². The molecular formula is C44H42Cl2N12O8. The van der Waals surface area contributed by atoms with Gasteiger partial charge in [-0.05, 0) is 62.4 Å². The Balaban J connectivity index is 0.000000166. The van der Waals surface area contributed by atoms with Crippen LogP contribution in [-0.2, 0) is 9.47 Å². The van der Waals surface area contributed by atoms with Crippen molar-refractivity contribution < 1.29 is 38.7 Å². The van der Waals surface area contributed by atoms with Crippen LogP contribution in [0, 0.1) is 0 Å². The van der Waals surface area contributed by atoms with E-state index >= 15 is 0 Å². The molecule has 20 nitrogen and oxygen atoms in total. The summed E-state index contributed by atoms with van der Waals surface area (Å²) in [6.07, 6.45) is 11.5. The highest BCUT2D eigenvalue weighted by Gasteiger charge is 2.32. The van der Waals surface area contributed by atoms with Crippen molar-refractivity contribution in [1.82, 2.24) is 48.8 Å². The first-order valence-corrected chi connectivity index (χ1v) is 21.6. The van der Waals surface area contributed by atoms with Crippen LogP contribution in [0.5, 0.6) is 11.5 Å². The molecule has 8 heterocycles. The second kappa shape index (κ2) is 19.3. The summed E-state index contributed by atoms with van der Waals surface area (Å²) < 4.78 is 28.6. The molecule has 0 unspecified atom stereocenters. The van der Waals surface area contributed by atoms with Gasteiger partial charge in [0, 0.05) is 58.4 Å². The molecule has 2 saturated heterocycles. The fourth-order valence-electron chi connectivity index (χ4n) is 7.56. The van der Waals surface area contributed by atoms with E-state index in [4.69, 9.17) is 42.1 Å². The van der Waals surface area contributed by atoms with Crippen LogP contribution in [0.1, 0.15) is 46.6 Å². The number of hydrogen-bond donors (Lipinski definition) is 4. The van der Waals surface area contributed by atoms with E-state index in [9.17, 15) is 19.8 Å². The number of aliphatic hydroxyl groups excluding tert-OH is 2. The monoisotopic (exact) mass is 936 g/mol. The molecule has 2 aromatic carbocycles. The molecule has 4 atom stereocenters. The average molecular weight is 938 g/mol. The first-order chi connectivity index (χ1) is 32.1. The molecule has 0 aliphatic carbocycles. The average Bonchev–Trinajstić information content (AvgIpc) is 4.19. The number of nitrogens with one attached hydrogen (secondary N) is 2. The largest absolute Gasteiger partial charge is 0.493 e. The minimum Gasteiger partial charge on any atom is -0.493 e. The van der Waals surface area contributed by atoms with E-state index in [2.05, 4.69) is 41.0 Å². The van der Waals surface area contributed by atoms with Crippen LogP contribution < -0.4 is 20.1 Å². The lowest BCUT2D eigenvalue weighted by molar-refractivity contribution is 0.102. The van der Waals surface area contributed by atoms with Gasteiger partial charge in [-0.3, -0.25) is 19.0 Å². The first-order valence-electron chi connectivity index (χ1n) is 20.8. The van der Waals surface area contributed by atoms with E-state index in [0.717, 1.165) is 0 Å². The summed E-state index contributed by atoms with van der Waals surface area (Å²) in [5.41, 5.74) is 4.49. The minimum atomic E-state index is -0.712. The predicted octanol–water partition coefficient (Wildman–Crippen LogP) is 5.66. The van der Waals surface area contributed by atoms with Gasteiger partial charge in [0.2, 0.25) is 0 Å². The molecule has 10 rings (SSSR count). The molecule has 22 heteroatoms. The van der Waals surface area contributed by atoms with Crippen molar-refractivity contribution in [1.29, 1.82) is 0 Å². The Morgan fingerprint density at radius 3 is 1.53 bits per heavy atom. The topological polar surface area (TPSA) is 232 Å². The van der Waals surface area contributed by atoms with Crippen molar-refractivity contribution in [2.45, 2.75) is 38.1 Å². The summed E-state index contributed by atoms with van der Waals surface area (Å²) >= 11 is 12.5. The van der Waals surface area contributed by atoms with Crippen molar-refractivity contribution in [3.8, 4) is 34.0 Å². The van der Waals surface area contributed by atoms with Crippen LogP contribution in [0.15, 0.2) is 98.1 Å². The van der Waals surface area contributed by atoms with E-state index in [-0.39, 0.29) is 25.3 Å². The molecule has 8 aromatic rings. The third-order valence-electron chi connectivity index (χ3n) is 10.7. The van der Waals surface area contributed by atoms with E-state index in [1.165, 1.54) is 21.4 Å². The number of carbonyl (C=O) groups is 2. The first kappa shape index (κ1) is 44.3. The molecule has 66 heavy (non-hydrogen) atoms. The maximum Gasteiger partial charge on any atom is 0.261 e. The van der Waals surface area contributed by atoms with Gasteiger partial charge >= 0.3 is 0 Å². The number of amides is 2. The second-order valence-corrected chi connectivity index (χ2v) is 15.9. The number of ether oxygens (including phenoxy) is 4. The fraction of sp³-hybridized carbons (Fsp3) is 0.273. The number of benzene rings is 2. The van der Waals surface area contributed by atoms with Crippen molar-refractivity contribution >= 4 is 57.7 Å². The number of carbonyl (C=O) groups excluding carboxylic acids is 2. The Hall–Kier alpha value is -6.94. The zero-order valence-corrected chi connectivity index (χ0v) is 36.9. The summed E-state index contributed by atoms with van der Waals surface area (Å²) in [5, 5.41) is 45.2. The van der Waals surface area contributed by atoms with Crippen molar-refractivity contribution in [2.75, 3.05) is 50.3 Å². The third kappa shape index (κ3) is 9.01. The molecule has 2 aliphatic rings. The lowest BCUT2D eigenvalue weighted by atomic mass is 10.1. The number of rotatable bonds is 12. The number of aliphatic hydroxyl groups is 2. The third-order valence-corrected chi connectivity index (χ3v) is 11.2. The molecule has 0 saturated carbocycles. The molecule has 0 bridgehead atoms. The lowest BCUT2D eigenvalue weighted by Gasteiger charge is -2.12. The second-order valence-electron chi connectivity index (χ2n) is 15.0. The number of aromatic nitrogens is 10. The van der Waals surface area contributed by atoms with Gasteiger partial charge in [-0.1, -0.05) is 23.2 Å². The van der Waals surface area contributed by atoms with Crippen LogP contribution in [-0.4, -0.2) is 123 Å². The van der Waals surface area contributed by atoms with E-state index in [1.807, 2.05) is 13.8 Å². The quantitative estimate of drug-likeness (QED) is 0.116. The summed E-state index contributed by atoms with van der Waals surface area (Å²) in [5.74, 6) is 0.354. The normalized spacial score (nSPS) is 18.0. The molecule has 340 valence electrons. The zero-order chi connectivity index (χ0) is 45.9. The number of halogens is 2. The van der Waals surface area contributed by atoms with Gasteiger partial charge in [0.05, 0.1) is 63.4 Å². The van der Waals surface area contributed by atoms with Gasteiger partial charge in [-0.25, -0.2) is 19.0 Å². The summed E-state index contributed by atoms with van der Waals surface area (Å²) in [7, 11) is 0. The minimum absolute atomic E-state index is 0.219. The maximum atomic E-state index is 13.2. The van der Waals surface area contributed by atoms with Crippen LogP contribution in [0.3, 0.4) is 0 Å². The number of hydrogen-bond acceptors (Lipinski definition) is 14. The summed E-state index contributed by atoms with van der Waals surface area (Å²) in [4.78, 5) is 34.8. The van der Waals surface area contributed by atoms with E-state index in [1.54, 1.807) is 95.1 Å². The van der Waals surface area contributed by atoms with E-state index < -0.39 is 24.0 Å². The van der Waals surface area contributed by atoms with Crippen molar-refractivity contribution in [3.05, 3.63) is 119 Å². The smallest absolute Gasteiger partial charge is 0.261 e. The number of anilines is 2. The zero-order valence-electron chi connectivity index (χ0n) is 35.4. The van der Waals surface area contributed by atoms with Crippen LogP contribution in [0.4, 0.5) is 11.4 Å². The number of nitrogens with zero attached hydrogens (tertiary/aromatic N) is 10. The summed E-state index contributed by atoms with van der Waals surface area (Å²) in [6, 6.07) is 13.1. The molecule has 6 aromatic heterocycles.